The molecule has 20 heavy (non-hydrogen) atoms. The van der Waals surface area contributed by atoms with Crippen molar-refractivity contribution >= 4 is 0 Å². The number of hydrogen-bond donors (Lipinski definition) is 3. The first-order valence-electron chi connectivity index (χ1n) is 6.68. The minimum atomic E-state index is -0.244. The van der Waals surface area contributed by atoms with Crippen molar-refractivity contribution in [2.75, 3.05) is 6.61 Å². The van der Waals surface area contributed by atoms with Gasteiger partial charge in [-0.3, -0.25) is 0 Å². The summed E-state index contributed by atoms with van der Waals surface area (Å²) < 4.78 is 0. The van der Waals surface area contributed by atoms with Crippen molar-refractivity contribution in [3.05, 3.63) is 59.2 Å². The lowest BCUT2D eigenvalue weighted by molar-refractivity contribution is 0.297. The molecule has 0 aliphatic rings. The molecule has 2 aromatic carbocycles. The van der Waals surface area contributed by atoms with Crippen molar-refractivity contribution in [3.63, 3.8) is 0 Å². The molecule has 0 aliphatic heterocycles. The summed E-state index contributed by atoms with van der Waals surface area (Å²) in [7, 11) is 0. The molecule has 3 heteroatoms. The number of hydrogen-bond acceptors (Lipinski definition) is 3. The van der Waals surface area contributed by atoms with Crippen LogP contribution in [0.4, 0.5) is 0 Å². The van der Waals surface area contributed by atoms with E-state index in [-0.39, 0.29) is 23.5 Å². The fraction of sp³-hybridized carbons (Fsp3) is 0.294. The zero-order chi connectivity index (χ0) is 14.8. The molecule has 3 N–H and O–H groups in total. The van der Waals surface area contributed by atoms with Gasteiger partial charge in [-0.15, -0.1) is 0 Å². The molecule has 0 atom stereocenters. The van der Waals surface area contributed by atoms with Gasteiger partial charge in [0.05, 0.1) is 0 Å². The third kappa shape index (κ3) is 2.78. The second-order valence-electron chi connectivity index (χ2n) is 5.49. The highest BCUT2D eigenvalue weighted by Gasteiger charge is 2.23. The van der Waals surface area contributed by atoms with Crippen molar-refractivity contribution in [2.24, 2.45) is 0 Å². The van der Waals surface area contributed by atoms with E-state index in [1.54, 1.807) is 18.2 Å². The molecule has 2 aromatic rings. The molecule has 2 rings (SSSR count). The van der Waals surface area contributed by atoms with Gasteiger partial charge in [0, 0.05) is 12.0 Å². The smallest absolute Gasteiger partial charge is 0.118 e. The molecule has 3 nitrogen and oxygen atoms in total. The highest BCUT2D eigenvalue weighted by Crippen LogP contribution is 2.34. The van der Waals surface area contributed by atoms with Crippen LogP contribution >= 0.6 is 0 Å². The van der Waals surface area contributed by atoms with Crippen LogP contribution in [0.1, 0.15) is 30.5 Å². The van der Waals surface area contributed by atoms with Gasteiger partial charge in [0.25, 0.3) is 0 Å². The van der Waals surface area contributed by atoms with Crippen LogP contribution in [-0.4, -0.2) is 21.9 Å². The van der Waals surface area contributed by atoms with Crippen LogP contribution < -0.4 is 0 Å². The Hall–Kier alpha value is -2.00. The molecular formula is C17H20O3. The van der Waals surface area contributed by atoms with Gasteiger partial charge in [-0.1, -0.05) is 38.1 Å². The van der Waals surface area contributed by atoms with E-state index in [4.69, 9.17) is 5.11 Å². The van der Waals surface area contributed by atoms with E-state index >= 15 is 0 Å². The van der Waals surface area contributed by atoms with E-state index < -0.39 is 0 Å². The van der Waals surface area contributed by atoms with E-state index in [0.717, 1.165) is 16.7 Å². The molecular weight excluding hydrogens is 252 g/mol. The lowest BCUT2D eigenvalue weighted by Crippen LogP contribution is -2.19. The third-order valence-electron chi connectivity index (χ3n) is 3.77. The minimum Gasteiger partial charge on any atom is -0.508 e. The molecule has 0 unspecified atom stereocenters. The van der Waals surface area contributed by atoms with E-state index in [2.05, 4.69) is 13.8 Å². The van der Waals surface area contributed by atoms with Crippen molar-refractivity contribution in [1.82, 2.24) is 0 Å². The predicted molar refractivity (Wildman–Crippen MR) is 79.1 cm³/mol. The van der Waals surface area contributed by atoms with Gasteiger partial charge >= 0.3 is 0 Å². The summed E-state index contributed by atoms with van der Waals surface area (Å²) in [6.45, 7) is 4.19. The van der Waals surface area contributed by atoms with Crippen molar-refractivity contribution in [1.29, 1.82) is 0 Å². The number of phenolic OH excluding ortho intramolecular Hbond substituents is 2. The molecule has 0 heterocycles. The van der Waals surface area contributed by atoms with Crippen molar-refractivity contribution in [3.8, 4) is 11.5 Å². The van der Waals surface area contributed by atoms with Gasteiger partial charge in [0.2, 0.25) is 0 Å². The highest BCUT2D eigenvalue weighted by molar-refractivity contribution is 5.44. The minimum absolute atomic E-state index is 0.0106. The van der Waals surface area contributed by atoms with Gasteiger partial charge in [-0.2, -0.15) is 0 Å². The molecule has 0 amide bonds. The average Bonchev–Trinajstić information content (AvgIpc) is 2.42. The lowest BCUT2D eigenvalue weighted by Gasteiger charge is -2.27. The number of aliphatic hydroxyl groups excluding tert-OH is 1. The maximum Gasteiger partial charge on any atom is 0.118 e. The zero-order valence-electron chi connectivity index (χ0n) is 11.8. The summed E-state index contributed by atoms with van der Waals surface area (Å²) in [5.41, 5.74) is 2.64. The maximum atomic E-state index is 9.79. The Morgan fingerprint density at radius 1 is 0.900 bits per heavy atom. The molecule has 0 spiro atoms. The average molecular weight is 272 g/mol. The van der Waals surface area contributed by atoms with E-state index in [0.29, 0.717) is 6.42 Å². The van der Waals surface area contributed by atoms with Crippen LogP contribution in [0.5, 0.6) is 11.5 Å². The molecule has 0 radical (unpaired) electrons. The van der Waals surface area contributed by atoms with Crippen LogP contribution in [0.2, 0.25) is 0 Å². The number of benzene rings is 2. The SMILES string of the molecule is CC(C)(c1ccc(O)cc1)c1ccc(O)c(CCO)c1. The van der Waals surface area contributed by atoms with E-state index in [1.807, 2.05) is 24.3 Å². The summed E-state index contributed by atoms with van der Waals surface area (Å²) >= 11 is 0. The summed E-state index contributed by atoms with van der Waals surface area (Å²) in [5, 5.41) is 28.2. The Morgan fingerprint density at radius 2 is 1.50 bits per heavy atom. The summed E-state index contributed by atoms with van der Waals surface area (Å²) in [5.74, 6) is 0.459. The standard InChI is InChI=1S/C17H20O3/c1-17(2,13-3-6-15(19)7-4-13)14-5-8-16(20)12(11-14)9-10-18/h3-8,11,18-20H,9-10H2,1-2H3. The fourth-order valence-electron chi connectivity index (χ4n) is 2.34. The summed E-state index contributed by atoms with van der Waals surface area (Å²) in [4.78, 5) is 0. The van der Waals surface area contributed by atoms with Gasteiger partial charge in [-0.05, 0) is 41.3 Å². The molecule has 0 saturated heterocycles. The largest absolute Gasteiger partial charge is 0.508 e. The van der Waals surface area contributed by atoms with Gasteiger partial charge < -0.3 is 15.3 Å². The Balaban J connectivity index is 2.43. The van der Waals surface area contributed by atoms with Crippen LogP contribution in [0.25, 0.3) is 0 Å². The highest BCUT2D eigenvalue weighted by atomic mass is 16.3. The number of aliphatic hydroxyl groups is 1. The number of rotatable bonds is 4. The maximum absolute atomic E-state index is 9.79. The van der Waals surface area contributed by atoms with Crippen LogP contribution in [0.15, 0.2) is 42.5 Å². The topological polar surface area (TPSA) is 60.7 Å². The first-order valence-corrected chi connectivity index (χ1v) is 6.68. The molecule has 0 aliphatic carbocycles. The van der Waals surface area contributed by atoms with Crippen LogP contribution in [-0.2, 0) is 11.8 Å². The zero-order valence-corrected chi connectivity index (χ0v) is 11.8. The molecule has 0 fully saturated rings. The Labute approximate surface area is 119 Å². The second-order valence-corrected chi connectivity index (χ2v) is 5.49. The normalized spacial score (nSPS) is 11.6. The van der Waals surface area contributed by atoms with Crippen LogP contribution in [0.3, 0.4) is 0 Å². The third-order valence-corrected chi connectivity index (χ3v) is 3.77. The fourth-order valence-corrected chi connectivity index (χ4v) is 2.34. The monoisotopic (exact) mass is 272 g/mol. The Kier molecular flexibility index (Phi) is 4.00. The van der Waals surface area contributed by atoms with Gasteiger partial charge in [0.15, 0.2) is 0 Å². The molecule has 106 valence electrons. The summed E-state index contributed by atoms with van der Waals surface area (Å²) in [6, 6.07) is 12.6. The van der Waals surface area contributed by atoms with Crippen molar-refractivity contribution in [2.45, 2.75) is 25.7 Å². The van der Waals surface area contributed by atoms with Gasteiger partial charge in [-0.25, -0.2) is 0 Å². The predicted octanol–water partition coefficient (Wildman–Crippen LogP) is 2.96. The van der Waals surface area contributed by atoms with Crippen LogP contribution in [0, 0.1) is 0 Å². The molecule has 0 saturated carbocycles. The van der Waals surface area contributed by atoms with Gasteiger partial charge in [0.1, 0.15) is 11.5 Å². The number of aromatic hydroxyl groups is 2. The Bertz CT molecular complexity index is 586. The quantitative estimate of drug-likeness (QED) is 0.802. The summed E-state index contributed by atoms with van der Waals surface area (Å²) in [6.07, 6.45) is 0.436. The van der Waals surface area contributed by atoms with Crippen molar-refractivity contribution < 1.29 is 15.3 Å². The first-order chi connectivity index (χ1) is 9.45. The second kappa shape index (κ2) is 5.55. The molecule has 0 bridgehead atoms. The molecule has 0 aromatic heterocycles. The van der Waals surface area contributed by atoms with E-state index in [1.165, 1.54) is 0 Å². The lowest BCUT2D eigenvalue weighted by atomic mass is 9.77. The Morgan fingerprint density at radius 3 is 2.10 bits per heavy atom. The number of phenols is 2. The van der Waals surface area contributed by atoms with E-state index in [9.17, 15) is 10.2 Å². The first kappa shape index (κ1) is 14.4.